The first-order valence-corrected chi connectivity index (χ1v) is 8.72. The van der Waals surface area contributed by atoms with Crippen LogP contribution >= 0.6 is 0 Å². The first kappa shape index (κ1) is 17.1. The molecule has 1 aliphatic heterocycles. The first-order chi connectivity index (χ1) is 12.1. The molecule has 2 amide bonds. The molecule has 0 aliphatic carbocycles. The van der Waals surface area contributed by atoms with Gasteiger partial charge in [-0.25, -0.2) is 0 Å². The van der Waals surface area contributed by atoms with Crippen molar-refractivity contribution in [1.82, 2.24) is 15.2 Å². The minimum Gasteiger partial charge on any atom is -0.347 e. The molecule has 0 saturated carbocycles. The van der Waals surface area contributed by atoms with Gasteiger partial charge in [-0.3, -0.25) is 14.6 Å². The third-order valence-corrected chi connectivity index (χ3v) is 4.46. The molecule has 1 N–H and O–H groups in total. The van der Waals surface area contributed by atoms with Gasteiger partial charge in [0.05, 0.1) is 0 Å². The minimum atomic E-state index is -0.270. The smallest absolute Gasteiger partial charge is 0.270 e. The van der Waals surface area contributed by atoms with Crippen LogP contribution in [-0.4, -0.2) is 34.8 Å². The Morgan fingerprint density at radius 1 is 1.08 bits per heavy atom. The zero-order valence-electron chi connectivity index (χ0n) is 14.5. The van der Waals surface area contributed by atoms with Gasteiger partial charge in [0.1, 0.15) is 5.69 Å². The Morgan fingerprint density at radius 3 is 2.52 bits per heavy atom. The predicted octanol–water partition coefficient (Wildman–Crippen LogP) is 2.95. The summed E-state index contributed by atoms with van der Waals surface area (Å²) in [4.78, 5) is 30.9. The van der Waals surface area contributed by atoms with Crippen LogP contribution in [0.2, 0.25) is 0 Å². The quantitative estimate of drug-likeness (QED) is 0.933. The fraction of sp³-hybridized carbons (Fsp3) is 0.350. The lowest BCUT2D eigenvalue weighted by Crippen LogP contribution is -2.35. The average Bonchev–Trinajstić information content (AvgIpc) is 2.67. The highest BCUT2D eigenvalue weighted by molar-refractivity contribution is 5.98. The Morgan fingerprint density at radius 2 is 1.80 bits per heavy atom. The van der Waals surface area contributed by atoms with Crippen molar-refractivity contribution < 1.29 is 9.59 Å². The molecule has 1 aromatic heterocycles. The van der Waals surface area contributed by atoms with Gasteiger partial charge in [0.2, 0.25) is 0 Å². The van der Waals surface area contributed by atoms with Crippen molar-refractivity contribution in [2.45, 2.75) is 32.7 Å². The number of piperidine rings is 1. The molecule has 1 aliphatic rings. The van der Waals surface area contributed by atoms with Gasteiger partial charge in [-0.05, 0) is 43.9 Å². The van der Waals surface area contributed by atoms with Gasteiger partial charge < -0.3 is 10.2 Å². The van der Waals surface area contributed by atoms with E-state index in [4.69, 9.17) is 0 Å². The molecule has 0 radical (unpaired) electrons. The van der Waals surface area contributed by atoms with E-state index < -0.39 is 0 Å². The third-order valence-electron chi connectivity index (χ3n) is 4.46. The van der Waals surface area contributed by atoms with E-state index in [-0.39, 0.29) is 17.5 Å². The summed E-state index contributed by atoms with van der Waals surface area (Å²) < 4.78 is 0. The lowest BCUT2D eigenvalue weighted by molar-refractivity contribution is 0.0724. The molecule has 5 nitrogen and oxygen atoms in total. The largest absolute Gasteiger partial charge is 0.347 e. The number of pyridine rings is 1. The molecule has 1 aromatic carbocycles. The normalized spacial score (nSPS) is 14.2. The maximum Gasteiger partial charge on any atom is 0.270 e. The lowest BCUT2D eigenvalue weighted by atomic mass is 10.1. The fourth-order valence-corrected chi connectivity index (χ4v) is 2.95. The average molecular weight is 337 g/mol. The third kappa shape index (κ3) is 4.44. The number of benzene rings is 1. The van der Waals surface area contributed by atoms with Crippen LogP contribution in [0, 0.1) is 6.92 Å². The summed E-state index contributed by atoms with van der Waals surface area (Å²) in [6.07, 6.45) is 4.78. The molecule has 0 spiro atoms. The van der Waals surface area contributed by atoms with Crippen molar-refractivity contribution in [3.63, 3.8) is 0 Å². The molecule has 1 fully saturated rings. The zero-order valence-corrected chi connectivity index (χ0v) is 14.5. The summed E-state index contributed by atoms with van der Waals surface area (Å²) in [5.74, 6) is -0.288. The van der Waals surface area contributed by atoms with Crippen LogP contribution in [0.1, 0.15) is 51.2 Å². The van der Waals surface area contributed by atoms with E-state index in [1.165, 1.54) is 18.2 Å². The van der Waals surface area contributed by atoms with Gasteiger partial charge in [0.15, 0.2) is 0 Å². The molecule has 0 bridgehead atoms. The monoisotopic (exact) mass is 337 g/mol. The molecule has 25 heavy (non-hydrogen) atoms. The number of aromatic nitrogens is 1. The van der Waals surface area contributed by atoms with Crippen molar-refractivity contribution in [3.8, 4) is 0 Å². The van der Waals surface area contributed by atoms with Crippen molar-refractivity contribution in [2.24, 2.45) is 0 Å². The van der Waals surface area contributed by atoms with Crippen LogP contribution in [0.5, 0.6) is 0 Å². The summed E-state index contributed by atoms with van der Waals surface area (Å²) in [5.41, 5.74) is 3.01. The van der Waals surface area contributed by atoms with Gasteiger partial charge in [-0.15, -0.1) is 0 Å². The number of aryl methyl sites for hydroxylation is 1. The fourth-order valence-electron chi connectivity index (χ4n) is 2.95. The zero-order chi connectivity index (χ0) is 17.6. The van der Waals surface area contributed by atoms with Crippen LogP contribution in [0.3, 0.4) is 0 Å². The first-order valence-electron chi connectivity index (χ1n) is 8.72. The summed E-state index contributed by atoms with van der Waals surface area (Å²) in [7, 11) is 0. The molecule has 1 saturated heterocycles. The summed E-state index contributed by atoms with van der Waals surface area (Å²) >= 11 is 0. The maximum atomic E-state index is 12.6. The van der Waals surface area contributed by atoms with E-state index in [9.17, 15) is 9.59 Å². The maximum absolute atomic E-state index is 12.6. The highest BCUT2D eigenvalue weighted by atomic mass is 16.2. The number of nitrogens with zero attached hydrogens (tertiary/aromatic N) is 2. The van der Waals surface area contributed by atoms with Crippen molar-refractivity contribution in [1.29, 1.82) is 0 Å². The Hall–Kier alpha value is -2.69. The van der Waals surface area contributed by atoms with Crippen molar-refractivity contribution in [3.05, 3.63) is 65.0 Å². The Kier molecular flexibility index (Phi) is 5.43. The lowest BCUT2D eigenvalue weighted by Gasteiger charge is -2.26. The number of carbonyl (C=O) groups is 2. The molecule has 5 heteroatoms. The van der Waals surface area contributed by atoms with Crippen molar-refractivity contribution in [2.75, 3.05) is 13.1 Å². The highest BCUT2D eigenvalue weighted by Gasteiger charge is 2.19. The van der Waals surface area contributed by atoms with Crippen LogP contribution in [-0.2, 0) is 6.54 Å². The number of rotatable bonds is 4. The van der Waals surface area contributed by atoms with E-state index >= 15 is 0 Å². The second-order valence-electron chi connectivity index (χ2n) is 6.45. The van der Waals surface area contributed by atoms with E-state index in [0.29, 0.717) is 12.1 Å². The molecular formula is C20H23N3O2. The number of carbonyl (C=O) groups excluding carboxylic acids is 2. The minimum absolute atomic E-state index is 0.0188. The van der Waals surface area contributed by atoms with E-state index in [1.54, 1.807) is 12.1 Å². The van der Waals surface area contributed by atoms with Crippen LogP contribution in [0.15, 0.2) is 42.6 Å². The standard InChI is InChI=1S/C20H23N3O2/c1-15-5-7-16(8-6-15)14-22-19(24)18-13-17(9-10-21-18)20(25)23-11-3-2-4-12-23/h5-10,13H,2-4,11-12,14H2,1H3,(H,22,24). The van der Waals surface area contributed by atoms with Gasteiger partial charge >= 0.3 is 0 Å². The second kappa shape index (κ2) is 7.92. The predicted molar refractivity (Wildman–Crippen MR) is 96.3 cm³/mol. The van der Waals surface area contributed by atoms with Crippen LogP contribution in [0.25, 0.3) is 0 Å². The number of likely N-dealkylation sites (tertiary alicyclic amines) is 1. The molecule has 3 rings (SSSR count). The molecule has 0 atom stereocenters. The van der Waals surface area contributed by atoms with E-state index in [2.05, 4.69) is 10.3 Å². The second-order valence-corrected chi connectivity index (χ2v) is 6.45. The van der Waals surface area contributed by atoms with Crippen LogP contribution in [0.4, 0.5) is 0 Å². The molecule has 130 valence electrons. The van der Waals surface area contributed by atoms with Crippen molar-refractivity contribution >= 4 is 11.8 Å². The SMILES string of the molecule is Cc1ccc(CNC(=O)c2cc(C(=O)N3CCCCC3)ccn2)cc1. The summed E-state index contributed by atoms with van der Waals surface area (Å²) in [6.45, 7) is 4.04. The Labute approximate surface area is 148 Å². The summed E-state index contributed by atoms with van der Waals surface area (Å²) in [5, 5.41) is 2.85. The van der Waals surface area contributed by atoms with Gasteiger partial charge in [-0.2, -0.15) is 0 Å². The molecule has 2 aromatic rings. The Bertz CT molecular complexity index is 750. The topological polar surface area (TPSA) is 62.3 Å². The number of hydrogen-bond donors (Lipinski definition) is 1. The number of nitrogens with one attached hydrogen (secondary N) is 1. The van der Waals surface area contributed by atoms with Crippen LogP contribution < -0.4 is 5.32 Å². The summed E-state index contributed by atoms with van der Waals surface area (Å²) in [6, 6.07) is 11.3. The molecule has 0 unspecified atom stereocenters. The van der Waals surface area contributed by atoms with E-state index in [1.807, 2.05) is 36.1 Å². The number of amides is 2. The van der Waals surface area contributed by atoms with Gasteiger partial charge in [-0.1, -0.05) is 29.8 Å². The molecule has 2 heterocycles. The van der Waals surface area contributed by atoms with Gasteiger partial charge in [0.25, 0.3) is 11.8 Å². The Balaban J connectivity index is 1.64. The van der Waals surface area contributed by atoms with Gasteiger partial charge in [0, 0.05) is 31.4 Å². The molecular weight excluding hydrogens is 314 g/mol. The number of hydrogen-bond acceptors (Lipinski definition) is 3. The van der Waals surface area contributed by atoms with E-state index in [0.717, 1.165) is 31.5 Å². The highest BCUT2D eigenvalue weighted by Crippen LogP contribution is 2.13.